The standard InChI is InChI=1S/C13H15BrCl2O2S/c14-12-3-1-2-10(6-12)13(8-15,9-16)11-4-5-19(17,18)7-11/h1-3,6,11H,4-5,7-9H2. The van der Waals surface area contributed by atoms with E-state index in [2.05, 4.69) is 15.9 Å². The van der Waals surface area contributed by atoms with Gasteiger partial charge in [0.1, 0.15) is 0 Å². The van der Waals surface area contributed by atoms with Gasteiger partial charge in [0.15, 0.2) is 9.84 Å². The van der Waals surface area contributed by atoms with E-state index in [1.165, 1.54) is 0 Å². The number of sulfone groups is 1. The summed E-state index contributed by atoms with van der Waals surface area (Å²) in [5, 5.41) is 0. The van der Waals surface area contributed by atoms with Crippen LogP contribution in [0.25, 0.3) is 0 Å². The van der Waals surface area contributed by atoms with Crippen molar-refractivity contribution in [1.82, 2.24) is 0 Å². The second-order valence-electron chi connectivity index (χ2n) is 5.03. The normalized spacial score (nSPS) is 22.6. The van der Waals surface area contributed by atoms with Crippen LogP contribution in [0.2, 0.25) is 0 Å². The third kappa shape index (κ3) is 3.12. The number of rotatable bonds is 4. The number of alkyl halides is 2. The summed E-state index contributed by atoms with van der Waals surface area (Å²) in [5.41, 5.74) is 0.533. The highest BCUT2D eigenvalue weighted by Gasteiger charge is 2.44. The first kappa shape index (κ1) is 15.6. The van der Waals surface area contributed by atoms with E-state index in [4.69, 9.17) is 23.2 Å². The molecule has 1 aromatic rings. The summed E-state index contributed by atoms with van der Waals surface area (Å²) >= 11 is 15.8. The highest BCUT2D eigenvalue weighted by atomic mass is 79.9. The van der Waals surface area contributed by atoms with E-state index < -0.39 is 15.3 Å². The summed E-state index contributed by atoms with van der Waals surface area (Å²) in [6.45, 7) is 0. The fourth-order valence-corrected chi connectivity index (χ4v) is 6.01. The number of hydrogen-bond acceptors (Lipinski definition) is 2. The van der Waals surface area contributed by atoms with E-state index in [9.17, 15) is 8.42 Å². The van der Waals surface area contributed by atoms with Crippen LogP contribution in [0.15, 0.2) is 28.7 Å². The van der Waals surface area contributed by atoms with Gasteiger partial charge in [-0.1, -0.05) is 28.1 Å². The highest BCUT2D eigenvalue weighted by molar-refractivity contribution is 9.10. The minimum Gasteiger partial charge on any atom is -0.229 e. The van der Waals surface area contributed by atoms with Crippen molar-refractivity contribution in [3.63, 3.8) is 0 Å². The van der Waals surface area contributed by atoms with Gasteiger partial charge in [0.05, 0.1) is 11.5 Å². The van der Waals surface area contributed by atoms with Crippen LogP contribution in [-0.2, 0) is 15.3 Å². The Morgan fingerprint density at radius 2 is 2.00 bits per heavy atom. The minimum atomic E-state index is -2.95. The van der Waals surface area contributed by atoms with Crippen LogP contribution in [0.5, 0.6) is 0 Å². The van der Waals surface area contributed by atoms with Gasteiger partial charge in [0.2, 0.25) is 0 Å². The monoisotopic (exact) mass is 384 g/mol. The smallest absolute Gasteiger partial charge is 0.150 e. The van der Waals surface area contributed by atoms with E-state index in [0.29, 0.717) is 18.2 Å². The molecule has 0 saturated carbocycles. The number of hydrogen-bond donors (Lipinski definition) is 0. The summed E-state index contributed by atoms with van der Waals surface area (Å²) in [4.78, 5) is 0. The van der Waals surface area contributed by atoms with Gasteiger partial charge in [-0.15, -0.1) is 23.2 Å². The lowest BCUT2D eigenvalue weighted by atomic mass is 9.73. The Balaban J connectivity index is 2.43. The zero-order chi connectivity index (χ0) is 14.1. The zero-order valence-corrected chi connectivity index (χ0v) is 14.2. The predicted octanol–water partition coefficient (Wildman–Crippen LogP) is 3.60. The lowest BCUT2D eigenvalue weighted by Crippen LogP contribution is -2.40. The molecule has 6 heteroatoms. The topological polar surface area (TPSA) is 34.1 Å². The van der Waals surface area contributed by atoms with E-state index in [1.54, 1.807) is 0 Å². The molecule has 1 unspecified atom stereocenters. The molecule has 0 spiro atoms. The Hall–Kier alpha value is 0.230. The van der Waals surface area contributed by atoms with E-state index >= 15 is 0 Å². The largest absolute Gasteiger partial charge is 0.229 e. The molecule has 1 atom stereocenters. The van der Waals surface area contributed by atoms with Crippen LogP contribution < -0.4 is 0 Å². The van der Waals surface area contributed by atoms with Crippen molar-refractivity contribution < 1.29 is 8.42 Å². The lowest BCUT2D eigenvalue weighted by Gasteiger charge is -2.36. The molecular weight excluding hydrogens is 371 g/mol. The molecule has 0 aromatic heterocycles. The Kier molecular flexibility index (Phi) is 4.87. The lowest BCUT2D eigenvalue weighted by molar-refractivity contribution is 0.361. The molecule has 2 nitrogen and oxygen atoms in total. The maximum Gasteiger partial charge on any atom is 0.150 e. The van der Waals surface area contributed by atoms with Gasteiger partial charge < -0.3 is 0 Å². The van der Waals surface area contributed by atoms with Crippen molar-refractivity contribution in [3.8, 4) is 0 Å². The van der Waals surface area contributed by atoms with Crippen molar-refractivity contribution in [3.05, 3.63) is 34.3 Å². The quantitative estimate of drug-likeness (QED) is 0.742. The van der Waals surface area contributed by atoms with Crippen molar-refractivity contribution in [2.45, 2.75) is 11.8 Å². The summed E-state index contributed by atoms with van der Waals surface area (Å²) in [7, 11) is -2.95. The van der Waals surface area contributed by atoms with Gasteiger partial charge >= 0.3 is 0 Å². The molecule has 1 aromatic carbocycles. The average molecular weight is 386 g/mol. The van der Waals surface area contributed by atoms with Crippen LogP contribution in [0.3, 0.4) is 0 Å². The molecule has 1 aliphatic heterocycles. The molecule has 2 rings (SSSR count). The SMILES string of the molecule is O=S1(=O)CCC(C(CCl)(CCl)c2cccc(Br)c2)C1. The summed E-state index contributed by atoms with van der Waals surface area (Å²) in [5.74, 6) is 1.06. The van der Waals surface area contributed by atoms with Crippen LogP contribution in [0.1, 0.15) is 12.0 Å². The predicted molar refractivity (Wildman–Crippen MR) is 84.0 cm³/mol. The van der Waals surface area contributed by atoms with Gasteiger partial charge in [-0.25, -0.2) is 8.42 Å². The highest BCUT2D eigenvalue weighted by Crippen LogP contribution is 2.41. The molecule has 0 bridgehead atoms. The molecule has 0 amide bonds. The van der Waals surface area contributed by atoms with E-state index in [-0.39, 0.29) is 17.4 Å². The van der Waals surface area contributed by atoms with Crippen LogP contribution in [0, 0.1) is 5.92 Å². The van der Waals surface area contributed by atoms with Crippen molar-refractivity contribution in [2.24, 2.45) is 5.92 Å². The summed E-state index contributed by atoms with van der Waals surface area (Å²) in [6, 6.07) is 7.81. The van der Waals surface area contributed by atoms with Crippen molar-refractivity contribution in [2.75, 3.05) is 23.3 Å². The van der Waals surface area contributed by atoms with Gasteiger partial charge in [-0.2, -0.15) is 0 Å². The number of halogens is 3. The van der Waals surface area contributed by atoms with Crippen molar-refractivity contribution in [1.29, 1.82) is 0 Å². The van der Waals surface area contributed by atoms with Gasteiger partial charge in [-0.3, -0.25) is 0 Å². The molecule has 106 valence electrons. The summed E-state index contributed by atoms with van der Waals surface area (Å²) < 4.78 is 24.4. The van der Waals surface area contributed by atoms with E-state index in [0.717, 1.165) is 10.0 Å². The molecule has 0 N–H and O–H groups in total. The second kappa shape index (κ2) is 5.92. The second-order valence-corrected chi connectivity index (χ2v) is 8.71. The average Bonchev–Trinajstić information content (AvgIpc) is 2.73. The van der Waals surface area contributed by atoms with Crippen LogP contribution >= 0.6 is 39.1 Å². The Bertz CT molecular complexity index is 556. The maximum atomic E-state index is 11.7. The van der Waals surface area contributed by atoms with Gasteiger partial charge in [-0.05, 0) is 30.0 Å². The first-order valence-corrected chi connectivity index (χ1v) is 9.70. The van der Waals surface area contributed by atoms with Crippen LogP contribution in [0.4, 0.5) is 0 Å². The fraction of sp³-hybridized carbons (Fsp3) is 0.538. The Labute approximate surface area is 132 Å². The van der Waals surface area contributed by atoms with Gasteiger partial charge in [0.25, 0.3) is 0 Å². The summed E-state index contributed by atoms with van der Waals surface area (Å²) in [6.07, 6.45) is 0.633. The third-order valence-electron chi connectivity index (χ3n) is 3.89. The third-order valence-corrected chi connectivity index (χ3v) is 7.11. The fourth-order valence-electron chi connectivity index (χ4n) is 2.67. The first-order chi connectivity index (χ1) is 8.93. The Morgan fingerprint density at radius 1 is 1.32 bits per heavy atom. The molecular formula is C13H15BrCl2O2S. The zero-order valence-electron chi connectivity index (χ0n) is 10.3. The molecule has 19 heavy (non-hydrogen) atoms. The van der Waals surface area contributed by atoms with E-state index in [1.807, 2.05) is 24.3 Å². The molecule has 1 saturated heterocycles. The minimum absolute atomic E-state index is 0.0122. The molecule has 1 heterocycles. The maximum absolute atomic E-state index is 11.7. The molecule has 1 fully saturated rings. The molecule has 0 radical (unpaired) electrons. The number of benzene rings is 1. The molecule has 1 aliphatic rings. The molecule has 0 aliphatic carbocycles. The van der Waals surface area contributed by atoms with Gasteiger partial charge in [0, 0.05) is 21.6 Å². The van der Waals surface area contributed by atoms with Crippen LogP contribution in [-0.4, -0.2) is 31.7 Å². The first-order valence-electron chi connectivity index (χ1n) is 6.02. The van der Waals surface area contributed by atoms with Crippen molar-refractivity contribution >= 4 is 49.0 Å². The Morgan fingerprint density at radius 3 is 2.47 bits per heavy atom.